The second-order valence-electron chi connectivity index (χ2n) is 8.63. The van der Waals surface area contributed by atoms with E-state index >= 15 is 0 Å². The number of pyridine rings is 1. The van der Waals surface area contributed by atoms with Crippen LogP contribution in [0.4, 0.5) is 5.13 Å². The van der Waals surface area contributed by atoms with Crippen LogP contribution in [-0.4, -0.2) is 21.6 Å². The summed E-state index contributed by atoms with van der Waals surface area (Å²) in [6, 6.07) is 32.2. The third-order valence-electron chi connectivity index (χ3n) is 5.92. The molecular formula is C31H24N4OS2. The fraction of sp³-hybridized carbons (Fsp3) is 0.0968. The molecule has 1 amide bonds. The van der Waals surface area contributed by atoms with Crippen molar-refractivity contribution in [3.05, 3.63) is 108 Å². The Morgan fingerprint density at radius 1 is 0.895 bits per heavy atom. The van der Waals surface area contributed by atoms with Crippen LogP contribution in [-0.2, 0) is 4.79 Å². The van der Waals surface area contributed by atoms with Gasteiger partial charge in [0.15, 0.2) is 5.13 Å². The molecule has 0 unspecified atom stereocenters. The number of anilines is 1. The van der Waals surface area contributed by atoms with Crippen molar-refractivity contribution in [2.24, 2.45) is 0 Å². The number of nitriles is 1. The van der Waals surface area contributed by atoms with Crippen LogP contribution in [0.15, 0.2) is 101 Å². The summed E-state index contributed by atoms with van der Waals surface area (Å²) < 4.78 is 0. The number of rotatable bonds is 8. The van der Waals surface area contributed by atoms with Gasteiger partial charge in [-0.05, 0) is 18.6 Å². The van der Waals surface area contributed by atoms with Crippen molar-refractivity contribution >= 4 is 34.1 Å². The van der Waals surface area contributed by atoms with E-state index in [1.165, 1.54) is 28.7 Å². The maximum Gasteiger partial charge on any atom is 0.226 e. The minimum absolute atomic E-state index is 0.122. The number of thioether (sulfide) groups is 1. The molecule has 0 saturated carbocycles. The Morgan fingerprint density at radius 3 is 2.24 bits per heavy atom. The monoisotopic (exact) mass is 532 g/mol. The van der Waals surface area contributed by atoms with Crippen molar-refractivity contribution < 1.29 is 4.79 Å². The maximum atomic E-state index is 12.7. The molecule has 5 nitrogen and oxygen atoms in total. The molecule has 0 aliphatic carbocycles. The third-order valence-corrected chi connectivity index (χ3v) is 7.65. The highest BCUT2D eigenvalue weighted by molar-refractivity contribution is 7.99. The van der Waals surface area contributed by atoms with Gasteiger partial charge in [0, 0.05) is 34.2 Å². The second kappa shape index (κ2) is 11.9. The van der Waals surface area contributed by atoms with Crippen LogP contribution in [0.3, 0.4) is 0 Å². The van der Waals surface area contributed by atoms with E-state index in [0.29, 0.717) is 21.5 Å². The number of amides is 1. The molecule has 0 aliphatic heterocycles. The van der Waals surface area contributed by atoms with Gasteiger partial charge in [-0.1, -0.05) is 90.5 Å². The number of carbonyl (C=O) groups is 1. The summed E-state index contributed by atoms with van der Waals surface area (Å²) in [5.41, 5.74) is 7.12. The molecule has 2 heterocycles. The van der Waals surface area contributed by atoms with Crippen LogP contribution in [0.1, 0.15) is 17.5 Å². The molecule has 0 spiro atoms. The lowest BCUT2D eigenvalue weighted by Crippen LogP contribution is -2.12. The average molecular weight is 533 g/mol. The van der Waals surface area contributed by atoms with Crippen LogP contribution < -0.4 is 5.32 Å². The molecule has 38 heavy (non-hydrogen) atoms. The first-order valence-corrected chi connectivity index (χ1v) is 14.0. The summed E-state index contributed by atoms with van der Waals surface area (Å²) in [6.45, 7) is 2.05. The Kier molecular flexibility index (Phi) is 7.93. The summed E-state index contributed by atoms with van der Waals surface area (Å²) in [4.78, 5) is 22.1. The normalized spacial score (nSPS) is 10.6. The number of nitrogens with zero attached hydrogens (tertiary/aromatic N) is 3. The van der Waals surface area contributed by atoms with Crippen LogP contribution >= 0.6 is 23.1 Å². The molecule has 5 rings (SSSR count). The number of hydrogen-bond acceptors (Lipinski definition) is 6. The molecule has 2 aromatic heterocycles. The quantitative estimate of drug-likeness (QED) is 0.206. The molecule has 0 fully saturated rings. The minimum atomic E-state index is -0.122. The summed E-state index contributed by atoms with van der Waals surface area (Å²) >= 11 is 2.83. The standard InChI is InChI=1S/C31H24N4OS2/c1-21-12-14-24(15-13-21)28-20-38-31(34-28)35-29(36)16-17-37-30-26(19-32)25(22-8-4-2-5-9-22)18-27(33-30)23-10-6-3-7-11-23/h2-15,18,20H,16-17H2,1H3,(H,34,35,36). The molecule has 0 atom stereocenters. The highest BCUT2D eigenvalue weighted by Gasteiger charge is 2.16. The van der Waals surface area contributed by atoms with E-state index < -0.39 is 0 Å². The van der Waals surface area contributed by atoms with E-state index in [-0.39, 0.29) is 12.3 Å². The van der Waals surface area contributed by atoms with Gasteiger partial charge in [0.2, 0.25) is 5.91 Å². The first kappa shape index (κ1) is 25.4. The molecule has 5 aromatic rings. The summed E-state index contributed by atoms with van der Waals surface area (Å²) in [5.74, 6) is 0.360. The Balaban J connectivity index is 1.31. The zero-order valence-corrected chi connectivity index (χ0v) is 22.4. The SMILES string of the molecule is Cc1ccc(-c2csc(NC(=O)CCSc3nc(-c4ccccc4)cc(-c4ccccc4)c3C#N)n2)cc1. The van der Waals surface area contributed by atoms with Crippen molar-refractivity contribution in [1.29, 1.82) is 5.26 Å². The molecule has 7 heteroatoms. The van der Waals surface area contributed by atoms with Gasteiger partial charge in [-0.3, -0.25) is 4.79 Å². The lowest BCUT2D eigenvalue weighted by molar-refractivity contribution is -0.115. The van der Waals surface area contributed by atoms with E-state index in [2.05, 4.69) is 16.4 Å². The predicted octanol–water partition coefficient (Wildman–Crippen LogP) is 7.84. The smallest absolute Gasteiger partial charge is 0.226 e. The van der Waals surface area contributed by atoms with Crippen molar-refractivity contribution in [2.75, 3.05) is 11.1 Å². The Labute approximate surface area is 230 Å². The van der Waals surface area contributed by atoms with Crippen molar-refractivity contribution in [2.45, 2.75) is 18.4 Å². The van der Waals surface area contributed by atoms with Crippen LogP contribution in [0, 0.1) is 18.3 Å². The first-order valence-electron chi connectivity index (χ1n) is 12.1. The molecule has 0 bridgehead atoms. The Hall–Kier alpha value is -4.25. The highest BCUT2D eigenvalue weighted by Crippen LogP contribution is 2.34. The minimum Gasteiger partial charge on any atom is -0.302 e. The summed E-state index contributed by atoms with van der Waals surface area (Å²) in [6.07, 6.45) is 0.271. The van der Waals surface area contributed by atoms with Gasteiger partial charge in [-0.25, -0.2) is 9.97 Å². The molecular weight excluding hydrogens is 509 g/mol. The van der Waals surface area contributed by atoms with Gasteiger partial charge >= 0.3 is 0 Å². The van der Waals surface area contributed by atoms with E-state index in [9.17, 15) is 10.1 Å². The molecule has 0 radical (unpaired) electrons. The number of benzene rings is 3. The van der Waals surface area contributed by atoms with E-state index in [1.54, 1.807) is 0 Å². The van der Waals surface area contributed by atoms with Gasteiger partial charge in [0.25, 0.3) is 0 Å². The number of thiazole rings is 1. The van der Waals surface area contributed by atoms with Gasteiger partial charge in [0.05, 0.1) is 17.0 Å². The van der Waals surface area contributed by atoms with Crippen molar-refractivity contribution in [3.63, 3.8) is 0 Å². The molecule has 186 valence electrons. The van der Waals surface area contributed by atoms with Gasteiger partial charge in [-0.2, -0.15) is 5.26 Å². The van der Waals surface area contributed by atoms with Crippen molar-refractivity contribution in [3.8, 4) is 39.7 Å². The van der Waals surface area contributed by atoms with E-state index in [1.807, 2.05) is 103 Å². The lowest BCUT2D eigenvalue weighted by Gasteiger charge is -2.12. The Morgan fingerprint density at radius 2 is 1.55 bits per heavy atom. The number of hydrogen-bond donors (Lipinski definition) is 1. The Bertz CT molecular complexity index is 1590. The second-order valence-corrected chi connectivity index (χ2v) is 10.6. The first-order chi connectivity index (χ1) is 18.6. The van der Waals surface area contributed by atoms with Crippen LogP contribution in [0.5, 0.6) is 0 Å². The fourth-order valence-corrected chi connectivity index (χ4v) is 5.63. The zero-order valence-electron chi connectivity index (χ0n) is 20.7. The lowest BCUT2D eigenvalue weighted by atomic mass is 9.99. The van der Waals surface area contributed by atoms with Crippen LogP contribution in [0.2, 0.25) is 0 Å². The van der Waals surface area contributed by atoms with Crippen LogP contribution in [0.25, 0.3) is 33.6 Å². The van der Waals surface area contributed by atoms with Gasteiger partial charge < -0.3 is 5.32 Å². The van der Waals surface area contributed by atoms with Crippen molar-refractivity contribution in [1.82, 2.24) is 9.97 Å². The van der Waals surface area contributed by atoms with Gasteiger partial charge in [0.1, 0.15) is 11.1 Å². The van der Waals surface area contributed by atoms with E-state index in [0.717, 1.165) is 33.6 Å². The number of carbonyl (C=O) groups excluding carboxylic acids is 1. The average Bonchev–Trinajstić information content (AvgIpc) is 3.42. The number of nitrogens with one attached hydrogen (secondary N) is 1. The predicted molar refractivity (Wildman–Crippen MR) is 156 cm³/mol. The van der Waals surface area contributed by atoms with E-state index in [4.69, 9.17) is 4.98 Å². The van der Waals surface area contributed by atoms with Gasteiger partial charge in [-0.15, -0.1) is 23.1 Å². The summed E-state index contributed by atoms with van der Waals surface area (Å²) in [7, 11) is 0. The topological polar surface area (TPSA) is 78.7 Å². The zero-order chi connectivity index (χ0) is 26.3. The number of aromatic nitrogens is 2. The largest absolute Gasteiger partial charge is 0.302 e. The molecule has 1 N–H and O–H groups in total. The summed E-state index contributed by atoms with van der Waals surface area (Å²) in [5, 5.41) is 16.1. The highest BCUT2D eigenvalue weighted by atomic mass is 32.2. The maximum absolute atomic E-state index is 12.7. The molecule has 0 saturated heterocycles. The fourth-order valence-electron chi connectivity index (χ4n) is 3.95. The molecule has 3 aromatic carbocycles. The third kappa shape index (κ3) is 6.00. The molecule has 0 aliphatic rings. The number of aryl methyl sites for hydroxylation is 1.